The molecule has 0 aliphatic heterocycles. The second kappa shape index (κ2) is 5.03. The second-order valence-electron chi connectivity index (χ2n) is 4.06. The number of benzene rings is 1. The quantitative estimate of drug-likeness (QED) is 0.862. The molecule has 0 aromatic heterocycles. The molecule has 0 unspecified atom stereocenters. The van der Waals surface area contributed by atoms with Crippen LogP contribution in [0.15, 0.2) is 18.2 Å². The van der Waals surface area contributed by atoms with E-state index < -0.39 is 5.97 Å². The molecule has 0 bridgehead atoms. The first-order valence-corrected chi connectivity index (χ1v) is 6.40. The number of carboxylic acid groups (broad SMARTS) is 1. The Kier molecular flexibility index (Phi) is 3.68. The molecule has 0 amide bonds. The fourth-order valence-corrected chi connectivity index (χ4v) is 2.11. The summed E-state index contributed by atoms with van der Waals surface area (Å²) in [6.07, 6.45) is 3.75. The van der Waals surface area contributed by atoms with Crippen LogP contribution in [-0.4, -0.2) is 17.7 Å². The molecule has 0 saturated heterocycles. The van der Waals surface area contributed by atoms with E-state index in [4.69, 9.17) is 9.84 Å². The molecule has 0 atom stereocenters. The largest absolute Gasteiger partial charge is 0.492 e. The zero-order valence-electron chi connectivity index (χ0n) is 8.78. The van der Waals surface area contributed by atoms with Crippen molar-refractivity contribution in [3.63, 3.8) is 0 Å². The number of hydrogen-bond donors (Lipinski definition) is 1. The first-order valence-electron chi connectivity index (χ1n) is 5.32. The molecule has 4 heteroatoms. The highest BCUT2D eigenvalue weighted by Crippen LogP contribution is 2.29. The second-order valence-corrected chi connectivity index (χ2v) is 5.22. The van der Waals surface area contributed by atoms with Crippen molar-refractivity contribution in [2.45, 2.75) is 19.3 Å². The highest BCUT2D eigenvalue weighted by molar-refractivity contribution is 14.1. The van der Waals surface area contributed by atoms with Crippen LogP contribution in [0, 0.1) is 9.49 Å². The molecule has 1 N–H and O–H groups in total. The lowest BCUT2D eigenvalue weighted by Crippen LogP contribution is -2.19. The molecule has 0 spiro atoms. The van der Waals surface area contributed by atoms with E-state index >= 15 is 0 Å². The van der Waals surface area contributed by atoms with Gasteiger partial charge in [-0.25, -0.2) is 4.79 Å². The molecule has 1 saturated carbocycles. The molecule has 0 radical (unpaired) electrons. The number of carboxylic acids is 1. The Labute approximate surface area is 108 Å². The highest BCUT2D eigenvalue weighted by atomic mass is 127. The van der Waals surface area contributed by atoms with Gasteiger partial charge in [-0.15, -0.1) is 0 Å². The van der Waals surface area contributed by atoms with Crippen LogP contribution in [-0.2, 0) is 0 Å². The Morgan fingerprint density at radius 2 is 2.25 bits per heavy atom. The maximum atomic E-state index is 10.8. The van der Waals surface area contributed by atoms with Crippen LogP contribution in [0.5, 0.6) is 5.75 Å². The average Bonchev–Trinajstić information content (AvgIpc) is 2.18. The van der Waals surface area contributed by atoms with Gasteiger partial charge >= 0.3 is 5.97 Å². The Morgan fingerprint density at radius 3 is 2.81 bits per heavy atom. The van der Waals surface area contributed by atoms with Gasteiger partial charge in [0, 0.05) is 0 Å². The monoisotopic (exact) mass is 332 g/mol. The smallest absolute Gasteiger partial charge is 0.335 e. The van der Waals surface area contributed by atoms with Crippen molar-refractivity contribution < 1.29 is 14.6 Å². The first-order chi connectivity index (χ1) is 7.66. The number of halogens is 1. The molecule has 16 heavy (non-hydrogen) atoms. The van der Waals surface area contributed by atoms with Crippen molar-refractivity contribution in [3.05, 3.63) is 27.3 Å². The number of aromatic carboxylic acids is 1. The summed E-state index contributed by atoms with van der Waals surface area (Å²) in [7, 11) is 0. The van der Waals surface area contributed by atoms with Gasteiger partial charge in [-0.3, -0.25) is 0 Å². The third kappa shape index (κ3) is 2.66. The minimum absolute atomic E-state index is 0.282. The van der Waals surface area contributed by atoms with E-state index in [1.807, 2.05) is 0 Å². The van der Waals surface area contributed by atoms with Crippen LogP contribution in [0.25, 0.3) is 0 Å². The number of rotatable bonds is 4. The standard InChI is InChI=1S/C12H13IO3/c13-10-5-4-9(12(14)15)6-11(10)16-7-8-2-1-3-8/h4-6,8H,1-3,7H2,(H,14,15). The van der Waals surface area contributed by atoms with Crippen LogP contribution in [0.1, 0.15) is 29.6 Å². The summed E-state index contributed by atoms with van der Waals surface area (Å²) in [6, 6.07) is 4.98. The van der Waals surface area contributed by atoms with Gasteiger partial charge in [0.1, 0.15) is 5.75 Å². The first kappa shape index (κ1) is 11.7. The summed E-state index contributed by atoms with van der Waals surface area (Å²) in [5, 5.41) is 8.88. The van der Waals surface area contributed by atoms with Crippen molar-refractivity contribution in [2.75, 3.05) is 6.61 Å². The van der Waals surface area contributed by atoms with Crippen LogP contribution < -0.4 is 4.74 Å². The highest BCUT2D eigenvalue weighted by Gasteiger charge is 2.18. The topological polar surface area (TPSA) is 46.5 Å². The SMILES string of the molecule is O=C(O)c1ccc(I)c(OCC2CCC2)c1. The average molecular weight is 332 g/mol. The lowest BCUT2D eigenvalue weighted by molar-refractivity contribution is 0.0696. The van der Waals surface area contributed by atoms with Gasteiger partial charge < -0.3 is 9.84 Å². The molecule has 1 aliphatic carbocycles. The molecule has 1 aromatic rings. The zero-order valence-corrected chi connectivity index (χ0v) is 10.9. The molecule has 1 fully saturated rings. The Balaban J connectivity index is 2.05. The van der Waals surface area contributed by atoms with Crippen LogP contribution >= 0.6 is 22.6 Å². The normalized spacial score (nSPS) is 15.6. The number of ether oxygens (including phenoxy) is 1. The molecule has 1 aliphatic rings. The Bertz CT molecular complexity index is 399. The van der Waals surface area contributed by atoms with Gasteiger partial charge in [0.2, 0.25) is 0 Å². The fraction of sp³-hybridized carbons (Fsp3) is 0.417. The number of carbonyl (C=O) groups is 1. The summed E-state index contributed by atoms with van der Waals surface area (Å²) in [6.45, 7) is 0.707. The third-order valence-electron chi connectivity index (χ3n) is 2.88. The summed E-state index contributed by atoms with van der Waals surface area (Å²) in [5.41, 5.74) is 0.282. The minimum atomic E-state index is -0.912. The van der Waals surface area contributed by atoms with Gasteiger partial charge in [-0.2, -0.15) is 0 Å². The molecule has 0 heterocycles. The van der Waals surface area contributed by atoms with E-state index in [1.54, 1.807) is 18.2 Å². The number of hydrogen-bond acceptors (Lipinski definition) is 2. The maximum Gasteiger partial charge on any atom is 0.335 e. The summed E-state index contributed by atoms with van der Waals surface area (Å²) >= 11 is 2.16. The molecule has 3 nitrogen and oxygen atoms in total. The van der Waals surface area contributed by atoms with E-state index in [9.17, 15) is 4.79 Å². The van der Waals surface area contributed by atoms with Crippen LogP contribution in [0.3, 0.4) is 0 Å². The van der Waals surface area contributed by atoms with Crippen molar-refractivity contribution in [1.82, 2.24) is 0 Å². The van der Waals surface area contributed by atoms with Gasteiger partial charge in [0.05, 0.1) is 15.7 Å². The van der Waals surface area contributed by atoms with Crippen LogP contribution in [0.2, 0.25) is 0 Å². The summed E-state index contributed by atoms with van der Waals surface area (Å²) in [5.74, 6) is 0.432. The predicted molar refractivity (Wildman–Crippen MR) is 69.0 cm³/mol. The van der Waals surface area contributed by atoms with Crippen molar-refractivity contribution in [2.24, 2.45) is 5.92 Å². The van der Waals surface area contributed by atoms with Crippen molar-refractivity contribution in [1.29, 1.82) is 0 Å². The fourth-order valence-electron chi connectivity index (χ4n) is 1.61. The predicted octanol–water partition coefficient (Wildman–Crippen LogP) is 3.17. The van der Waals surface area contributed by atoms with Gasteiger partial charge in [0.25, 0.3) is 0 Å². The van der Waals surface area contributed by atoms with Crippen molar-refractivity contribution >= 4 is 28.6 Å². The van der Waals surface area contributed by atoms with E-state index in [-0.39, 0.29) is 5.56 Å². The molecule has 1 aromatic carbocycles. The van der Waals surface area contributed by atoms with Crippen LogP contribution in [0.4, 0.5) is 0 Å². The summed E-state index contributed by atoms with van der Waals surface area (Å²) in [4.78, 5) is 10.8. The molecular formula is C12H13IO3. The maximum absolute atomic E-state index is 10.8. The third-order valence-corrected chi connectivity index (χ3v) is 3.77. The van der Waals surface area contributed by atoms with E-state index in [0.717, 1.165) is 3.57 Å². The molecule has 2 rings (SSSR count). The van der Waals surface area contributed by atoms with Crippen molar-refractivity contribution in [3.8, 4) is 5.75 Å². The van der Waals surface area contributed by atoms with Gasteiger partial charge in [-0.1, -0.05) is 6.42 Å². The minimum Gasteiger partial charge on any atom is -0.492 e. The molecule has 86 valence electrons. The van der Waals surface area contributed by atoms with Gasteiger partial charge in [-0.05, 0) is 59.5 Å². The lowest BCUT2D eigenvalue weighted by atomic mass is 9.86. The van der Waals surface area contributed by atoms with E-state index in [2.05, 4.69) is 22.6 Å². The zero-order chi connectivity index (χ0) is 11.5. The van der Waals surface area contributed by atoms with Gasteiger partial charge in [0.15, 0.2) is 0 Å². The Hall–Kier alpha value is -0.780. The molecular weight excluding hydrogens is 319 g/mol. The lowest BCUT2D eigenvalue weighted by Gasteiger charge is -2.25. The van der Waals surface area contributed by atoms with E-state index in [1.165, 1.54) is 19.3 Å². The summed E-state index contributed by atoms with van der Waals surface area (Å²) < 4.78 is 6.62. The van der Waals surface area contributed by atoms with E-state index in [0.29, 0.717) is 18.3 Å². The Morgan fingerprint density at radius 1 is 1.50 bits per heavy atom.